The van der Waals surface area contributed by atoms with Gasteiger partial charge in [-0.05, 0) is 24.3 Å². The lowest BCUT2D eigenvalue weighted by Gasteiger charge is -2.32. The van der Waals surface area contributed by atoms with Gasteiger partial charge in [0, 0.05) is 13.0 Å². The number of halogens is 1. The summed E-state index contributed by atoms with van der Waals surface area (Å²) >= 11 is 0. The average molecular weight is 456 g/mol. The lowest BCUT2D eigenvalue weighted by atomic mass is 10.1. The molecule has 2 fully saturated rings. The molecule has 2 saturated heterocycles. The Hall–Kier alpha value is -3.79. The number of alkyl halides is 1. The van der Waals surface area contributed by atoms with Gasteiger partial charge in [-0.2, -0.15) is 0 Å². The van der Waals surface area contributed by atoms with Crippen molar-refractivity contribution in [2.45, 2.75) is 31.0 Å². The Bertz CT molecular complexity index is 1030. The van der Waals surface area contributed by atoms with Crippen LogP contribution in [0.2, 0.25) is 0 Å². The summed E-state index contributed by atoms with van der Waals surface area (Å²) in [5.41, 5.74) is 0.491. The Kier molecular flexibility index (Phi) is 6.64. The van der Waals surface area contributed by atoms with Crippen LogP contribution in [0.1, 0.15) is 27.1 Å². The van der Waals surface area contributed by atoms with Crippen LogP contribution in [0.25, 0.3) is 0 Å². The van der Waals surface area contributed by atoms with Gasteiger partial charge in [0.1, 0.15) is 12.7 Å². The number of carbonyl (C=O) groups excluding carboxylic acids is 4. The molecule has 172 valence electrons. The van der Waals surface area contributed by atoms with Crippen LogP contribution in [0, 0.1) is 0 Å². The minimum absolute atomic E-state index is 0.0273. The summed E-state index contributed by atoms with van der Waals surface area (Å²) in [7, 11) is 0. The first-order valence-corrected chi connectivity index (χ1v) is 10.3. The second kappa shape index (κ2) is 9.78. The monoisotopic (exact) mass is 456 g/mol. The zero-order chi connectivity index (χ0) is 23.4. The maximum Gasteiger partial charge on any atom is 0.338 e. The maximum atomic E-state index is 15.4. The van der Waals surface area contributed by atoms with Crippen LogP contribution in [-0.2, 0) is 19.0 Å². The highest BCUT2D eigenvalue weighted by Gasteiger charge is 2.52. The Labute approximate surface area is 188 Å². The molecule has 10 heteroatoms. The van der Waals surface area contributed by atoms with Gasteiger partial charge in [-0.25, -0.2) is 18.8 Å². The van der Waals surface area contributed by atoms with Gasteiger partial charge in [0.2, 0.25) is 5.91 Å². The number of esters is 2. The largest absolute Gasteiger partial charge is 0.459 e. The summed E-state index contributed by atoms with van der Waals surface area (Å²) in [5.74, 6) is -1.93. The van der Waals surface area contributed by atoms with Gasteiger partial charge in [0.25, 0.3) is 0 Å². The molecule has 2 aromatic carbocycles. The van der Waals surface area contributed by atoms with Crippen LogP contribution >= 0.6 is 0 Å². The van der Waals surface area contributed by atoms with Crippen LogP contribution in [0.3, 0.4) is 0 Å². The number of imide groups is 1. The van der Waals surface area contributed by atoms with Gasteiger partial charge >= 0.3 is 18.0 Å². The van der Waals surface area contributed by atoms with Crippen LogP contribution in [0.4, 0.5) is 9.18 Å². The first-order chi connectivity index (χ1) is 15.9. The third kappa shape index (κ3) is 5.01. The third-order valence-electron chi connectivity index (χ3n) is 5.30. The fraction of sp³-hybridized carbons (Fsp3) is 0.304. The zero-order valence-corrected chi connectivity index (χ0v) is 17.4. The van der Waals surface area contributed by atoms with E-state index in [1.807, 2.05) is 0 Å². The van der Waals surface area contributed by atoms with Crippen LogP contribution in [0.15, 0.2) is 60.7 Å². The summed E-state index contributed by atoms with van der Waals surface area (Å²) in [6.45, 7) is -0.475. The van der Waals surface area contributed by atoms with Gasteiger partial charge in [0.05, 0.1) is 11.1 Å². The summed E-state index contributed by atoms with van der Waals surface area (Å²) in [6.07, 6.45) is -6.00. The van der Waals surface area contributed by atoms with Crippen molar-refractivity contribution >= 4 is 23.9 Å². The summed E-state index contributed by atoms with van der Waals surface area (Å²) in [5, 5.41) is 2.10. The minimum atomic E-state index is -1.93. The molecule has 0 saturated carbocycles. The van der Waals surface area contributed by atoms with E-state index in [0.717, 1.165) is 4.90 Å². The average Bonchev–Trinajstić information content (AvgIpc) is 3.13. The molecule has 4 rings (SSSR count). The van der Waals surface area contributed by atoms with Gasteiger partial charge in [-0.1, -0.05) is 36.4 Å². The molecule has 2 heterocycles. The van der Waals surface area contributed by atoms with Crippen molar-refractivity contribution in [1.82, 2.24) is 10.2 Å². The topological polar surface area (TPSA) is 111 Å². The molecule has 1 N–H and O–H groups in total. The van der Waals surface area contributed by atoms with E-state index < -0.39 is 55.1 Å². The Balaban J connectivity index is 1.50. The fourth-order valence-corrected chi connectivity index (χ4v) is 3.62. The molecule has 4 unspecified atom stereocenters. The fourth-order valence-electron chi connectivity index (χ4n) is 3.62. The SMILES string of the molecule is O=C1CCN(C2OC(COC(=O)c3ccccc3)C(OC(=O)c3ccccc3)C2F)C(=O)N1. The quantitative estimate of drug-likeness (QED) is 0.663. The van der Waals surface area contributed by atoms with E-state index in [4.69, 9.17) is 14.2 Å². The van der Waals surface area contributed by atoms with E-state index in [2.05, 4.69) is 5.32 Å². The number of benzene rings is 2. The number of urea groups is 1. The van der Waals surface area contributed by atoms with Crippen LogP contribution in [-0.4, -0.2) is 66.5 Å². The number of amides is 3. The van der Waals surface area contributed by atoms with E-state index in [0.29, 0.717) is 0 Å². The second-order valence-electron chi connectivity index (χ2n) is 7.51. The van der Waals surface area contributed by atoms with Crippen molar-refractivity contribution in [3.05, 3.63) is 71.8 Å². The molecule has 0 radical (unpaired) electrons. The van der Waals surface area contributed by atoms with E-state index in [1.54, 1.807) is 48.5 Å². The Morgan fingerprint density at radius 1 is 1.00 bits per heavy atom. The molecule has 4 atom stereocenters. The van der Waals surface area contributed by atoms with Crippen molar-refractivity contribution in [2.75, 3.05) is 13.2 Å². The molecule has 9 nitrogen and oxygen atoms in total. The van der Waals surface area contributed by atoms with Crippen molar-refractivity contribution in [2.24, 2.45) is 0 Å². The molecule has 0 aliphatic carbocycles. The molecule has 2 aliphatic heterocycles. The molecule has 0 spiro atoms. The number of ether oxygens (including phenoxy) is 3. The summed E-state index contributed by atoms with van der Waals surface area (Å²) < 4.78 is 31.8. The highest BCUT2D eigenvalue weighted by atomic mass is 19.1. The maximum absolute atomic E-state index is 15.4. The smallest absolute Gasteiger partial charge is 0.338 e. The molecule has 33 heavy (non-hydrogen) atoms. The van der Waals surface area contributed by atoms with E-state index in [1.165, 1.54) is 12.1 Å². The van der Waals surface area contributed by atoms with Gasteiger partial charge in [-0.3, -0.25) is 15.0 Å². The Morgan fingerprint density at radius 2 is 1.61 bits per heavy atom. The number of carbonyl (C=O) groups is 4. The van der Waals surface area contributed by atoms with Crippen LogP contribution < -0.4 is 5.32 Å². The normalized spacial score (nSPS) is 24.8. The van der Waals surface area contributed by atoms with Crippen molar-refractivity contribution < 1.29 is 37.8 Å². The lowest BCUT2D eigenvalue weighted by Crippen LogP contribution is -2.56. The van der Waals surface area contributed by atoms with Crippen molar-refractivity contribution in [1.29, 1.82) is 0 Å². The number of hydrogen-bond donors (Lipinski definition) is 1. The number of hydrogen-bond acceptors (Lipinski definition) is 7. The number of rotatable bonds is 6. The summed E-state index contributed by atoms with van der Waals surface area (Å²) in [6, 6.07) is 15.4. The van der Waals surface area contributed by atoms with Crippen molar-refractivity contribution in [3.63, 3.8) is 0 Å². The summed E-state index contributed by atoms with van der Waals surface area (Å²) in [4.78, 5) is 49.5. The molecular weight excluding hydrogens is 435 g/mol. The number of nitrogens with one attached hydrogen (secondary N) is 1. The van der Waals surface area contributed by atoms with Gasteiger partial charge < -0.3 is 14.2 Å². The third-order valence-corrected chi connectivity index (χ3v) is 5.30. The standard InChI is InChI=1S/C23H21FN2O7/c24-18-19(33-22(29)15-9-5-2-6-10-15)16(13-31-21(28)14-7-3-1-4-8-14)32-20(18)26-12-11-17(27)25-23(26)30/h1-10,16,18-20H,11-13H2,(H,25,27,30). The van der Waals surface area contributed by atoms with Crippen molar-refractivity contribution in [3.8, 4) is 0 Å². The van der Waals surface area contributed by atoms with Gasteiger partial charge in [0.15, 0.2) is 18.5 Å². The van der Waals surface area contributed by atoms with E-state index in [-0.39, 0.29) is 24.1 Å². The molecule has 0 bridgehead atoms. The predicted octanol–water partition coefficient (Wildman–Crippen LogP) is 2.07. The molecule has 3 amide bonds. The van der Waals surface area contributed by atoms with E-state index in [9.17, 15) is 19.2 Å². The van der Waals surface area contributed by atoms with Gasteiger partial charge in [-0.15, -0.1) is 0 Å². The lowest BCUT2D eigenvalue weighted by molar-refractivity contribution is -0.124. The first-order valence-electron chi connectivity index (χ1n) is 10.3. The zero-order valence-electron chi connectivity index (χ0n) is 17.4. The number of nitrogens with zero attached hydrogens (tertiary/aromatic N) is 1. The second-order valence-corrected chi connectivity index (χ2v) is 7.51. The molecule has 0 aromatic heterocycles. The molecule has 2 aromatic rings. The van der Waals surface area contributed by atoms with Crippen LogP contribution in [0.5, 0.6) is 0 Å². The molecule has 2 aliphatic rings. The predicted molar refractivity (Wildman–Crippen MR) is 111 cm³/mol. The first kappa shape index (κ1) is 22.4. The highest BCUT2D eigenvalue weighted by Crippen LogP contribution is 2.31. The molecular formula is C23H21FN2O7. The Morgan fingerprint density at radius 3 is 2.21 bits per heavy atom. The minimum Gasteiger partial charge on any atom is -0.459 e. The van der Waals surface area contributed by atoms with E-state index >= 15 is 4.39 Å². The highest BCUT2D eigenvalue weighted by molar-refractivity contribution is 5.96.